The summed E-state index contributed by atoms with van der Waals surface area (Å²) in [5.41, 5.74) is 1.14. The molecule has 0 unspecified atom stereocenters. The van der Waals surface area contributed by atoms with E-state index >= 15 is 0 Å². The molecule has 0 aromatic heterocycles. The van der Waals surface area contributed by atoms with Crippen LogP contribution in [-0.4, -0.2) is 43.7 Å². The van der Waals surface area contributed by atoms with E-state index in [4.69, 9.17) is 11.6 Å². The molecule has 1 aromatic rings. The van der Waals surface area contributed by atoms with Crippen molar-refractivity contribution in [2.24, 2.45) is 0 Å². The van der Waals surface area contributed by atoms with Crippen molar-refractivity contribution in [2.75, 3.05) is 26.7 Å². The van der Waals surface area contributed by atoms with Crippen LogP contribution >= 0.6 is 11.6 Å². The van der Waals surface area contributed by atoms with Crippen molar-refractivity contribution in [2.45, 2.75) is 25.3 Å². The molecule has 20 heavy (non-hydrogen) atoms. The maximum absolute atomic E-state index is 11.8. The van der Waals surface area contributed by atoms with Gasteiger partial charge in [-0.05, 0) is 57.1 Å². The molecule has 0 spiro atoms. The first-order chi connectivity index (χ1) is 9.63. The van der Waals surface area contributed by atoms with Crippen molar-refractivity contribution in [3.05, 3.63) is 34.9 Å². The number of nitrogens with zero attached hydrogens (tertiary/aromatic N) is 1. The third-order valence-electron chi connectivity index (χ3n) is 3.64. The molecule has 110 valence electrons. The summed E-state index contributed by atoms with van der Waals surface area (Å²) in [5.74, 6) is 0. The molecule has 2 rings (SSSR count). The third-order valence-corrected chi connectivity index (χ3v) is 3.88. The fourth-order valence-corrected chi connectivity index (χ4v) is 2.62. The fourth-order valence-electron chi connectivity index (χ4n) is 2.40. The van der Waals surface area contributed by atoms with Gasteiger partial charge in [-0.3, -0.25) is 0 Å². The summed E-state index contributed by atoms with van der Waals surface area (Å²) in [7, 11) is 2.11. The number of hydrogen-bond donors (Lipinski definition) is 2. The van der Waals surface area contributed by atoms with E-state index in [1.807, 2.05) is 24.3 Å². The number of carbonyl (C=O) groups excluding carboxylic acids is 1. The van der Waals surface area contributed by atoms with Gasteiger partial charge < -0.3 is 15.5 Å². The van der Waals surface area contributed by atoms with Crippen molar-refractivity contribution < 1.29 is 4.79 Å². The van der Waals surface area contributed by atoms with Gasteiger partial charge in [0.05, 0.1) is 0 Å². The molecule has 1 fully saturated rings. The summed E-state index contributed by atoms with van der Waals surface area (Å²) in [6.07, 6.45) is 2.85. The Morgan fingerprint density at radius 3 is 2.85 bits per heavy atom. The van der Waals surface area contributed by atoms with E-state index in [-0.39, 0.29) is 6.03 Å². The molecule has 1 aliphatic rings. The van der Waals surface area contributed by atoms with Crippen LogP contribution in [0.15, 0.2) is 24.3 Å². The van der Waals surface area contributed by atoms with Crippen LogP contribution in [0.2, 0.25) is 5.02 Å². The maximum atomic E-state index is 11.8. The summed E-state index contributed by atoms with van der Waals surface area (Å²) in [4.78, 5) is 14.1. The molecule has 0 atom stereocenters. The summed E-state index contributed by atoms with van der Waals surface area (Å²) < 4.78 is 0. The SMILES string of the molecule is CN1CCC(NC(=O)NCCc2cccc(Cl)c2)CC1. The molecule has 1 saturated heterocycles. The van der Waals surface area contributed by atoms with Crippen molar-refractivity contribution in [1.82, 2.24) is 15.5 Å². The predicted octanol–water partition coefficient (Wildman–Crippen LogP) is 2.28. The number of piperidine rings is 1. The lowest BCUT2D eigenvalue weighted by Crippen LogP contribution is -2.47. The van der Waals surface area contributed by atoms with Gasteiger partial charge in [0.1, 0.15) is 0 Å². The average Bonchev–Trinajstić information content (AvgIpc) is 2.41. The molecule has 1 heterocycles. The van der Waals surface area contributed by atoms with Gasteiger partial charge in [-0.1, -0.05) is 23.7 Å². The summed E-state index contributed by atoms with van der Waals surface area (Å²) in [5, 5.41) is 6.67. The molecular formula is C15H22ClN3O. The van der Waals surface area contributed by atoms with E-state index in [1.165, 1.54) is 0 Å². The Bertz CT molecular complexity index is 444. The van der Waals surface area contributed by atoms with Crippen LogP contribution in [0.5, 0.6) is 0 Å². The second-order valence-electron chi connectivity index (χ2n) is 5.36. The molecule has 0 saturated carbocycles. The standard InChI is InChI=1S/C15H22ClN3O/c1-19-9-6-14(7-10-19)18-15(20)17-8-5-12-3-2-4-13(16)11-12/h2-4,11,14H,5-10H2,1H3,(H2,17,18,20). The fraction of sp³-hybridized carbons (Fsp3) is 0.533. The maximum Gasteiger partial charge on any atom is 0.315 e. The molecule has 4 nitrogen and oxygen atoms in total. The lowest BCUT2D eigenvalue weighted by Gasteiger charge is -2.29. The average molecular weight is 296 g/mol. The molecule has 0 bridgehead atoms. The number of rotatable bonds is 4. The minimum absolute atomic E-state index is 0.0680. The van der Waals surface area contributed by atoms with Crippen LogP contribution in [0.3, 0.4) is 0 Å². The van der Waals surface area contributed by atoms with Crippen molar-refractivity contribution in [3.63, 3.8) is 0 Å². The van der Waals surface area contributed by atoms with Gasteiger partial charge in [0.25, 0.3) is 0 Å². The van der Waals surface area contributed by atoms with Gasteiger partial charge in [-0.25, -0.2) is 4.79 Å². The van der Waals surface area contributed by atoms with E-state index in [9.17, 15) is 4.79 Å². The topological polar surface area (TPSA) is 44.4 Å². The number of likely N-dealkylation sites (tertiary alicyclic amines) is 1. The van der Waals surface area contributed by atoms with Crippen molar-refractivity contribution in [3.8, 4) is 0 Å². The molecule has 5 heteroatoms. The number of benzene rings is 1. The highest BCUT2D eigenvalue weighted by Crippen LogP contribution is 2.11. The van der Waals surface area contributed by atoms with Crippen molar-refractivity contribution >= 4 is 17.6 Å². The molecule has 1 aromatic carbocycles. The minimum atomic E-state index is -0.0680. The first-order valence-electron chi connectivity index (χ1n) is 7.11. The zero-order valence-corrected chi connectivity index (χ0v) is 12.6. The zero-order valence-electron chi connectivity index (χ0n) is 11.9. The van der Waals surface area contributed by atoms with Crippen LogP contribution < -0.4 is 10.6 Å². The largest absolute Gasteiger partial charge is 0.338 e. The highest BCUT2D eigenvalue weighted by molar-refractivity contribution is 6.30. The smallest absolute Gasteiger partial charge is 0.315 e. The number of amides is 2. The van der Waals surface area contributed by atoms with E-state index in [0.29, 0.717) is 12.6 Å². The summed E-state index contributed by atoms with van der Waals surface area (Å²) in [6.45, 7) is 2.72. The molecule has 0 radical (unpaired) electrons. The molecule has 0 aliphatic carbocycles. The second kappa shape index (κ2) is 7.50. The van der Waals surface area contributed by atoms with Gasteiger partial charge in [-0.15, -0.1) is 0 Å². The number of carbonyl (C=O) groups is 1. The van der Waals surface area contributed by atoms with Crippen LogP contribution in [0.4, 0.5) is 4.79 Å². The minimum Gasteiger partial charge on any atom is -0.338 e. The highest BCUT2D eigenvalue weighted by Gasteiger charge is 2.17. The zero-order chi connectivity index (χ0) is 14.4. The van der Waals surface area contributed by atoms with Gasteiger partial charge in [0.15, 0.2) is 0 Å². The van der Waals surface area contributed by atoms with Crippen LogP contribution in [0.25, 0.3) is 0 Å². The molecule has 1 aliphatic heterocycles. The first kappa shape index (κ1) is 15.1. The van der Waals surface area contributed by atoms with Gasteiger partial charge in [0.2, 0.25) is 0 Å². The summed E-state index contributed by atoms with van der Waals surface area (Å²) in [6, 6.07) is 7.96. The van der Waals surface area contributed by atoms with Crippen LogP contribution in [0, 0.1) is 0 Å². The van der Waals surface area contributed by atoms with E-state index in [2.05, 4.69) is 22.6 Å². The van der Waals surface area contributed by atoms with Crippen LogP contribution in [0.1, 0.15) is 18.4 Å². The monoisotopic (exact) mass is 295 g/mol. The van der Waals surface area contributed by atoms with Crippen LogP contribution in [-0.2, 0) is 6.42 Å². The Kier molecular flexibility index (Phi) is 5.68. The Hall–Kier alpha value is -1.26. The number of hydrogen-bond acceptors (Lipinski definition) is 2. The van der Waals surface area contributed by atoms with Gasteiger partial charge in [-0.2, -0.15) is 0 Å². The Balaban J connectivity index is 1.65. The number of halogens is 1. The Morgan fingerprint density at radius 1 is 1.40 bits per heavy atom. The molecular weight excluding hydrogens is 274 g/mol. The van der Waals surface area contributed by atoms with E-state index in [0.717, 1.165) is 42.9 Å². The van der Waals surface area contributed by atoms with Gasteiger partial charge in [0, 0.05) is 17.6 Å². The van der Waals surface area contributed by atoms with Gasteiger partial charge >= 0.3 is 6.03 Å². The van der Waals surface area contributed by atoms with Crippen molar-refractivity contribution in [1.29, 1.82) is 0 Å². The molecule has 2 N–H and O–H groups in total. The lowest BCUT2D eigenvalue weighted by molar-refractivity contribution is 0.214. The summed E-state index contributed by atoms with van der Waals surface area (Å²) >= 11 is 5.92. The molecule has 2 amide bonds. The van der Waals surface area contributed by atoms with E-state index < -0.39 is 0 Å². The predicted molar refractivity (Wildman–Crippen MR) is 82.2 cm³/mol. The Morgan fingerprint density at radius 2 is 2.15 bits per heavy atom. The normalized spacial score (nSPS) is 16.9. The highest BCUT2D eigenvalue weighted by atomic mass is 35.5. The lowest BCUT2D eigenvalue weighted by atomic mass is 10.1. The quantitative estimate of drug-likeness (QED) is 0.895. The Labute approximate surface area is 125 Å². The number of nitrogens with one attached hydrogen (secondary N) is 2. The van der Waals surface area contributed by atoms with E-state index in [1.54, 1.807) is 0 Å². The first-order valence-corrected chi connectivity index (χ1v) is 7.48. The number of urea groups is 1. The second-order valence-corrected chi connectivity index (χ2v) is 5.79. The third kappa shape index (κ3) is 5.02.